The number of fused-ring (bicyclic) bond motifs is 1. The maximum Gasteiger partial charge on any atom is 0.257 e. The number of ether oxygens (including phenoxy) is 3. The van der Waals surface area contributed by atoms with E-state index in [1.165, 1.54) is 6.20 Å². The summed E-state index contributed by atoms with van der Waals surface area (Å²) in [6.45, 7) is 11.7. The highest BCUT2D eigenvalue weighted by Crippen LogP contribution is 2.32. The van der Waals surface area contributed by atoms with Crippen molar-refractivity contribution in [3.63, 3.8) is 0 Å². The van der Waals surface area contributed by atoms with Gasteiger partial charge in [-0.3, -0.25) is 4.90 Å². The van der Waals surface area contributed by atoms with Gasteiger partial charge in [-0.25, -0.2) is 19.2 Å². The Morgan fingerprint density at radius 1 is 1.29 bits per heavy atom. The topological polar surface area (TPSA) is 61.1 Å². The van der Waals surface area contributed by atoms with Crippen molar-refractivity contribution >= 4 is 5.69 Å². The number of halogens is 1. The maximum atomic E-state index is 14.0. The van der Waals surface area contributed by atoms with Gasteiger partial charge in [0, 0.05) is 25.3 Å². The van der Waals surface area contributed by atoms with E-state index >= 15 is 0 Å². The molecule has 0 radical (unpaired) electrons. The lowest BCUT2D eigenvalue weighted by Gasteiger charge is -2.35. The summed E-state index contributed by atoms with van der Waals surface area (Å²) in [6, 6.07) is 5.16. The second kappa shape index (κ2) is 7.98. The molecule has 0 bridgehead atoms. The quantitative estimate of drug-likeness (QED) is 0.752. The minimum absolute atomic E-state index is 0.0348. The first-order valence-electron chi connectivity index (χ1n) is 9.34. The van der Waals surface area contributed by atoms with E-state index in [1.807, 2.05) is 12.1 Å². The van der Waals surface area contributed by atoms with E-state index in [0.29, 0.717) is 24.8 Å². The van der Waals surface area contributed by atoms with Crippen LogP contribution in [0, 0.1) is 12.4 Å². The van der Waals surface area contributed by atoms with Crippen LogP contribution in [0.4, 0.5) is 10.1 Å². The van der Waals surface area contributed by atoms with Gasteiger partial charge in [-0.05, 0) is 38.0 Å². The van der Waals surface area contributed by atoms with Crippen LogP contribution in [0.25, 0.3) is 4.85 Å². The largest absolute Gasteiger partial charge is 0.484 e. The predicted molar refractivity (Wildman–Crippen MR) is 99.3 cm³/mol. The lowest BCUT2D eigenvalue weighted by Crippen LogP contribution is -2.40. The molecule has 1 fully saturated rings. The fourth-order valence-electron chi connectivity index (χ4n) is 3.47. The number of likely N-dealkylation sites (tertiary alicyclic amines) is 1. The van der Waals surface area contributed by atoms with Gasteiger partial charge in [0.05, 0.1) is 12.3 Å². The van der Waals surface area contributed by atoms with Crippen molar-refractivity contribution in [3.8, 4) is 17.5 Å². The summed E-state index contributed by atoms with van der Waals surface area (Å²) < 4.78 is 30.8. The maximum absolute atomic E-state index is 14.0. The Bertz CT molecular complexity index is 894. The number of nitrogens with zero attached hydrogens (tertiary/aromatic N) is 4. The van der Waals surface area contributed by atoms with Crippen LogP contribution in [0.15, 0.2) is 24.4 Å². The number of piperidine rings is 1. The van der Waals surface area contributed by atoms with Crippen LogP contribution in [-0.4, -0.2) is 47.3 Å². The zero-order valence-electron chi connectivity index (χ0n) is 15.6. The van der Waals surface area contributed by atoms with Gasteiger partial charge in [0.2, 0.25) is 11.6 Å². The first kappa shape index (κ1) is 18.4. The van der Waals surface area contributed by atoms with E-state index in [0.717, 1.165) is 37.7 Å². The molecular formula is C20H21FN4O3. The third-order valence-electron chi connectivity index (χ3n) is 5.08. The molecule has 0 amide bonds. The van der Waals surface area contributed by atoms with Gasteiger partial charge in [0.25, 0.3) is 5.88 Å². The molecule has 4 heterocycles. The van der Waals surface area contributed by atoms with Crippen LogP contribution < -0.4 is 14.2 Å². The highest BCUT2D eigenvalue weighted by atomic mass is 19.1. The Kier molecular flexibility index (Phi) is 5.26. The standard InChI is InChI=1S/C20H21FN4O3/c1-13(17-3-4-18-20(24-17)27-10-9-26-18)25-7-5-15(6-8-25)28-19-16(21)11-14(22-2)12-23-19/h3-4,11-13,15H,5-10H2,1H3. The van der Waals surface area contributed by atoms with Gasteiger partial charge in [0.15, 0.2) is 11.6 Å². The molecule has 1 atom stereocenters. The highest BCUT2D eigenvalue weighted by Gasteiger charge is 2.27. The molecule has 2 aliphatic rings. The van der Waals surface area contributed by atoms with Gasteiger partial charge in [-0.2, -0.15) is 0 Å². The Labute approximate surface area is 162 Å². The monoisotopic (exact) mass is 384 g/mol. The van der Waals surface area contributed by atoms with Crippen molar-refractivity contribution in [1.29, 1.82) is 0 Å². The minimum Gasteiger partial charge on any atom is -0.484 e. The third kappa shape index (κ3) is 3.85. The first-order valence-corrected chi connectivity index (χ1v) is 9.34. The summed E-state index contributed by atoms with van der Waals surface area (Å²) in [7, 11) is 0. The molecule has 2 aromatic heterocycles. The number of aromatic nitrogens is 2. The molecule has 0 aromatic carbocycles. The smallest absolute Gasteiger partial charge is 0.257 e. The lowest BCUT2D eigenvalue weighted by atomic mass is 10.0. The molecule has 8 heteroatoms. The van der Waals surface area contributed by atoms with Crippen molar-refractivity contribution in [3.05, 3.63) is 47.3 Å². The van der Waals surface area contributed by atoms with Crippen LogP contribution in [0.1, 0.15) is 31.5 Å². The summed E-state index contributed by atoms with van der Waals surface area (Å²) in [5.41, 5.74) is 1.10. The molecule has 1 saturated heterocycles. The molecule has 4 rings (SSSR count). The van der Waals surface area contributed by atoms with Crippen molar-refractivity contribution < 1.29 is 18.6 Å². The molecular weight excluding hydrogens is 363 g/mol. The zero-order valence-corrected chi connectivity index (χ0v) is 15.6. The summed E-state index contributed by atoms with van der Waals surface area (Å²) in [6.07, 6.45) is 2.76. The second-order valence-electron chi connectivity index (χ2n) is 6.86. The number of rotatable bonds is 4. The fraction of sp³-hybridized carbons (Fsp3) is 0.450. The van der Waals surface area contributed by atoms with Gasteiger partial charge in [0.1, 0.15) is 19.3 Å². The predicted octanol–water partition coefficient (Wildman–Crippen LogP) is 3.54. The van der Waals surface area contributed by atoms with Gasteiger partial charge in [-0.15, -0.1) is 0 Å². The van der Waals surface area contributed by atoms with E-state index in [1.54, 1.807) is 0 Å². The van der Waals surface area contributed by atoms with E-state index in [9.17, 15) is 4.39 Å². The zero-order chi connectivity index (χ0) is 19.5. The van der Waals surface area contributed by atoms with Crippen LogP contribution in [0.3, 0.4) is 0 Å². The number of pyridine rings is 2. The first-order chi connectivity index (χ1) is 13.6. The van der Waals surface area contributed by atoms with Crippen molar-refractivity contribution in [2.45, 2.75) is 31.9 Å². The Morgan fingerprint density at radius 2 is 2.07 bits per heavy atom. The summed E-state index contributed by atoms with van der Waals surface area (Å²) in [5.74, 6) is 0.614. The molecule has 146 valence electrons. The van der Waals surface area contributed by atoms with Gasteiger partial charge >= 0.3 is 0 Å². The van der Waals surface area contributed by atoms with E-state index < -0.39 is 5.82 Å². The normalized spacial score (nSPS) is 18.3. The SMILES string of the molecule is [C-]#[N+]c1cnc(OC2CCN(C(C)c3ccc4c(n3)OCCO4)CC2)c(F)c1. The molecule has 2 aromatic rings. The molecule has 0 N–H and O–H groups in total. The second-order valence-corrected chi connectivity index (χ2v) is 6.86. The van der Waals surface area contributed by atoms with Gasteiger partial charge in [-0.1, -0.05) is 0 Å². The molecule has 28 heavy (non-hydrogen) atoms. The van der Waals surface area contributed by atoms with Crippen LogP contribution in [-0.2, 0) is 0 Å². The highest BCUT2D eigenvalue weighted by molar-refractivity contribution is 5.43. The van der Waals surface area contributed by atoms with Gasteiger partial charge < -0.3 is 14.2 Å². The molecule has 0 spiro atoms. The van der Waals surface area contributed by atoms with Crippen LogP contribution >= 0.6 is 0 Å². The van der Waals surface area contributed by atoms with E-state index in [4.69, 9.17) is 20.8 Å². The fourth-order valence-corrected chi connectivity index (χ4v) is 3.47. The third-order valence-corrected chi connectivity index (χ3v) is 5.08. The molecule has 7 nitrogen and oxygen atoms in total. The Balaban J connectivity index is 1.35. The molecule has 0 saturated carbocycles. The Hall–Kier alpha value is -2.92. The van der Waals surface area contributed by atoms with E-state index in [-0.39, 0.29) is 23.7 Å². The lowest BCUT2D eigenvalue weighted by molar-refractivity contribution is 0.0725. The molecule has 1 unspecified atom stereocenters. The van der Waals surface area contributed by atoms with Crippen molar-refractivity contribution in [2.24, 2.45) is 0 Å². The summed E-state index contributed by atoms with van der Waals surface area (Å²) >= 11 is 0. The van der Waals surface area contributed by atoms with Crippen LogP contribution in [0.2, 0.25) is 0 Å². The Morgan fingerprint density at radius 3 is 2.82 bits per heavy atom. The minimum atomic E-state index is -0.593. The average Bonchev–Trinajstić information content (AvgIpc) is 2.75. The molecule has 2 aliphatic heterocycles. The number of hydrogen-bond donors (Lipinski definition) is 0. The van der Waals surface area contributed by atoms with Crippen molar-refractivity contribution in [2.75, 3.05) is 26.3 Å². The van der Waals surface area contributed by atoms with Crippen molar-refractivity contribution in [1.82, 2.24) is 14.9 Å². The summed E-state index contributed by atoms with van der Waals surface area (Å²) in [5, 5.41) is 0. The summed E-state index contributed by atoms with van der Waals surface area (Å²) in [4.78, 5) is 14.0. The number of hydrogen-bond acceptors (Lipinski definition) is 6. The van der Waals surface area contributed by atoms with E-state index in [2.05, 4.69) is 26.6 Å². The van der Waals surface area contributed by atoms with Crippen LogP contribution in [0.5, 0.6) is 17.5 Å². The average molecular weight is 384 g/mol. The molecule has 0 aliphatic carbocycles.